The minimum Gasteiger partial charge on any atom is -0.444 e. The standard InChI is InChI=1S/C22H29N3O2/c1-8-18-14(4)11-19(25(18)21(26)27-22(5,6)7)20-23-16-10-9-15(13(2)3)12-17(16)24-20/h1,9-10,12,14,18-20,23-24H,2,11H2,3-7H3. The van der Waals surface area contributed by atoms with Gasteiger partial charge in [0.15, 0.2) is 0 Å². The zero-order chi connectivity index (χ0) is 19.9. The number of hydrogen-bond acceptors (Lipinski definition) is 4. The molecule has 1 aromatic carbocycles. The van der Waals surface area contributed by atoms with E-state index in [0.717, 1.165) is 28.9 Å². The third kappa shape index (κ3) is 3.75. The molecule has 5 heteroatoms. The lowest BCUT2D eigenvalue weighted by Gasteiger charge is -2.33. The van der Waals surface area contributed by atoms with Crippen LogP contribution < -0.4 is 10.6 Å². The van der Waals surface area contributed by atoms with E-state index in [-0.39, 0.29) is 30.3 Å². The zero-order valence-electron chi connectivity index (χ0n) is 16.8. The fraction of sp³-hybridized carbons (Fsp3) is 0.500. The number of carbonyl (C=O) groups is 1. The first-order valence-electron chi connectivity index (χ1n) is 9.41. The first-order valence-corrected chi connectivity index (χ1v) is 9.41. The molecule has 2 N–H and O–H groups in total. The van der Waals surface area contributed by atoms with E-state index in [4.69, 9.17) is 11.2 Å². The Bertz CT molecular complexity index is 803. The number of fused-ring (bicyclic) bond motifs is 1. The van der Waals surface area contributed by atoms with Crippen molar-refractivity contribution in [3.05, 3.63) is 30.3 Å². The normalized spacial score (nSPS) is 26.6. The van der Waals surface area contributed by atoms with Gasteiger partial charge in [-0.15, -0.1) is 6.42 Å². The number of ether oxygens (including phenoxy) is 1. The number of anilines is 2. The SMILES string of the molecule is C#CC1C(C)CC(C2Nc3ccc(C(=C)C)cc3N2)N1C(=O)OC(C)(C)C. The molecule has 4 atom stereocenters. The van der Waals surface area contributed by atoms with E-state index in [1.54, 1.807) is 4.90 Å². The molecule has 1 aromatic rings. The molecule has 2 heterocycles. The molecule has 2 aliphatic heterocycles. The Kier molecular flexibility index (Phi) is 4.86. The van der Waals surface area contributed by atoms with E-state index in [9.17, 15) is 4.79 Å². The number of hydrogen-bond donors (Lipinski definition) is 2. The van der Waals surface area contributed by atoms with Crippen molar-refractivity contribution >= 4 is 23.0 Å². The third-order valence-electron chi connectivity index (χ3n) is 5.10. The summed E-state index contributed by atoms with van der Waals surface area (Å²) < 4.78 is 5.64. The second kappa shape index (κ2) is 6.84. The van der Waals surface area contributed by atoms with Crippen LogP contribution in [0.25, 0.3) is 5.57 Å². The average Bonchev–Trinajstić information content (AvgIpc) is 3.12. The predicted octanol–water partition coefficient (Wildman–Crippen LogP) is 4.53. The van der Waals surface area contributed by atoms with Gasteiger partial charge in [-0.3, -0.25) is 4.90 Å². The van der Waals surface area contributed by atoms with Crippen molar-refractivity contribution in [3.63, 3.8) is 0 Å². The Morgan fingerprint density at radius 1 is 1.33 bits per heavy atom. The van der Waals surface area contributed by atoms with Crippen LogP contribution in [0.15, 0.2) is 24.8 Å². The lowest BCUT2D eigenvalue weighted by atomic mass is 10.0. The van der Waals surface area contributed by atoms with Crippen LogP contribution in [0, 0.1) is 18.3 Å². The highest BCUT2D eigenvalue weighted by Gasteiger charge is 2.47. The second-order valence-corrected chi connectivity index (χ2v) is 8.59. The highest BCUT2D eigenvalue weighted by molar-refractivity contribution is 5.80. The number of amides is 1. The van der Waals surface area contributed by atoms with Crippen LogP contribution in [0.3, 0.4) is 0 Å². The van der Waals surface area contributed by atoms with Gasteiger partial charge in [0.1, 0.15) is 11.8 Å². The van der Waals surface area contributed by atoms with Crippen molar-refractivity contribution in [2.75, 3.05) is 10.6 Å². The van der Waals surface area contributed by atoms with Gasteiger partial charge >= 0.3 is 6.09 Å². The summed E-state index contributed by atoms with van der Waals surface area (Å²) in [6, 6.07) is 5.80. The summed E-state index contributed by atoms with van der Waals surface area (Å²) >= 11 is 0. The molecule has 144 valence electrons. The third-order valence-corrected chi connectivity index (χ3v) is 5.10. The molecule has 0 aromatic heterocycles. The van der Waals surface area contributed by atoms with Crippen LogP contribution in [0.2, 0.25) is 0 Å². The lowest BCUT2D eigenvalue weighted by molar-refractivity contribution is 0.0170. The lowest BCUT2D eigenvalue weighted by Crippen LogP contribution is -2.51. The first kappa shape index (κ1) is 19.2. The highest BCUT2D eigenvalue weighted by atomic mass is 16.6. The van der Waals surface area contributed by atoms with E-state index in [1.165, 1.54) is 0 Å². The predicted molar refractivity (Wildman–Crippen MR) is 110 cm³/mol. The Morgan fingerprint density at radius 3 is 2.59 bits per heavy atom. The Labute approximate surface area is 162 Å². The van der Waals surface area contributed by atoms with Gasteiger partial charge in [0.2, 0.25) is 0 Å². The molecule has 0 aliphatic carbocycles. The maximum atomic E-state index is 12.9. The summed E-state index contributed by atoms with van der Waals surface area (Å²) in [5, 5.41) is 7.01. The van der Waals surface area contributed by atoms with Crippen LogP contribution in [0.1, 0.15) is 46.6 Å². The van der Waals surface area contributed by atoms with E-state index in [1.807, 2.05) is 39.8 Å². The number of nitrogens with one attached hydrogen (secondary N) is 2. The summed E-state index contributed by atoms with van der Waals surface area (Å²) in [4.78, 5) is 14.6. The van der Waals surface area contributed by atoms with Crippen LogP contribution in [0.5, 0.6) is 0 Å². The Morgan fingerprint density at radius 2 is 2.00 bits per heavy atom. The number of carbonyl (C=O) groups excluding carboxylic acids is 1. The smallest absolute Gasteiger partial charge is 0.411 e. The van der Waals surface area contributed by atoms with E-state index in [0.29, 0.717) is 0 Å². The van der Waals surface area contributed by atoms with Crippen molar-refractivity contribution in [2.45, 2.75) is 64.9 Å². The molecular formula is C22H29N3O2. The number of allylic oxidation sites excluding steroid dienone is 1. The fourth-order valence-corrected chi connectivity index (χ4v) is 3.83. The van der Waals surface area contributed by atoms with E-state index < -0.39 is 5.60 Å². The number of benzene rings is 1. The van der Waals surface area contributed by atoms with Gasteiger partial charge in [-0.2, -0.15) is 0 Å². The van der Waals surface area contributed by atoms with Gasteiger partial charge in [-0.05, 0) is 57.7 Å². The van der Waals surface area contributed by atoms with Crippen LogP contribution >= 0.6 is 0 Å². The van der Waals surface area contributed by atoms with Crippen molar-refractivity contribution in [2.24, 2.45) is 5.92 Å². The number of rotatable bonds is 2. The molecule has 1 fully saturated rings. The van der Waals surface area contributed by atoms with Gasteiger partial charge in [0.25, 0.3) is 0 Å². The summed E-state index contributed by atoms with van der Waals surface area (Å²) in [6.45, 7) is 13.7. The van der Waals surface area contributed by atoms with E-state index in [2.05, 4.69) is 36.1 Å². The largest absolute Gasteiger partial charge is 0.444 e. The molecule has 2 aliphatic rings. The summed E-state index contributed by atoms with van der Waals surface area (Å²) in [5.74, 6) is 2.99. The molecule has 1 amide bonds. The van der Waals surface area contributed by atoms with E-state index >= 15 is 0 Å². The maximum absolute atomic E-state index is 12.9. The maximum Gasteiger partial charge on any atom is 0.411 e. The Balaban J connectivity index is 1.85. The number of terminal acetylenes is 1. The monoisotopic (exact) mass is 367 g/mol. The van der Waals surface area contributed by atoms with Crippen LogP contribution in [-0.4, -0.2) is 34.8 Å². The topological polar surface area (TPSA) is 53.6 Å². The molecule has 0 radical (unpaired) electrons. The summed E-state index contributed by atoms with van der Waals surface area (Å²) in [7, 11) is 0. The minimum atomic E-state index is -0.567. The summed E-state index contributed by atoms with van der Waals surface area (Å²) in [5.41, 5.74) is 3.57. The average molecular weight is 367 g/mol. The number of nitrogens with zero attached hydrogens (tertiary/aromatic N) is 1. The molecule has 0 bridgehead atoms. The zero-order valence-corrected chi connectivity index (χ0v) is 16.8. The fourth-order valence-electron chi connectivity index (χ4n) is 3.83. The van der Waals surface area contributed by atoms with Crippen LogP contribution in [0.4, 0.5) is 16.2 Å². The van der Waals surface area contributed by atoms with Gasteiger partial charge < -0.3 is 15.4 Å². The highest BCUT2D eigenvalue weighted by Crippen LogP contribution is 2.39. The van der Waals surface area contributed by atoms with Gasteiger partial charge in [0.05, 0.1) is 23.5 Å². The molecule has 0 spiro atoms. The van der Waals surface area contributed by atoms with Gasteiger partial charge in [-0.1, -0.05) is 31.1 Å². The Hall–Kier alpha value is -2.61. The van der Waals surface area contributed by atoms with Crippen molar-refractivity contribution < 1.29 is 9.53 Å². The van der Waals surface area contributed by atoms with Crippen molar-refractivity contribution in [3.8, 4) is 12.3 Å². The van der Waals surface area contributed by atoms with Crippen LogP contribution in [-0.2, 0) is 4.74 Å². The quantitative estimate of drug-likeness (QED) is 0.754. The number of likely N-dealkylation sites (tertiary alicyclic amines) is 1. The molecule has 3 rings (SSSR count). The first-order chi connectivity index (χ1) is 12.6. The second-order valence-electron chi connectivity index (χ2n) is 8.59. The van der Waals surface area contributed by atoms with Gasteiger partial charge in [0, 0.05) is 0 Å². The molecular weight excluding hydrogens is 338 g/mol. The minimum absolute atomic E-state index is 0.100. The molecule has 0 saturated carbocycles. The summed E-state index contributed by atoms with van der Waals surface area (Å²) in [6.07, 6.45) is 6.09. The molecule has 5 nitrogen and oxygen atoms in total. The van der Waals surface area contributed by atoms with Crippen molar-refractivity contribution in [1.29, 1.82) is 0 Å². The molecule has 4 unspecified atom stereocenters. The molecule has 1 saturated heterocycles. The van der Waals surface area contributed by atoms with Gasteiger partial charge in [-0.25, -0.2) is 4.79 Å². The molecule has 27 heavy (non-hydrogen) atoms. The van der Waals surface area contributed by atoms with Crippen molar-refractivity contribution in [1.82, 2.24) is 4.90 Å².